The maximum atomic E-state index is 12.4. The van der Waals surface area contributed by atoms with Crippen LogP contribution in [-0.4, -0.2) is 22.4 Å². The Kier molecular flexibility index (Phi) is 5.00. The smallest absolute Gasteiger partial charge is 0.228 e. The molecule has 0 saturated carbocycles. The van der Waals surface area contributed by atoms with Gasteiger partial charge in [0.1, 0.15) is 11.4 Å². The molecule has 0 aliphatic carbocycles. The van der Waals surface area contributed by atoms with E-state index in [2.05, 4.69) is 10.3 Å². The van der Waals surface area contributed by atoms with Gasteiger partial charge in [0.15, 0.2) is 0 Å². The minimum Gasteiger partial charge on any atom is -0.496 e. The third-order valence-corrected chi connectivity index (χ3v) is 4.66. The number of nitrogens with one attached hydrogen (secondary N) is 1. The first kappa shape index (κ1) is 18.1. The monoisotopic (exact) mass is 391 g/mol. The number of anilines is 1. The molecular formula is C22H18ClN3O2. The molecule has 140 valence electrons. The normalized spacial score (nSPS) is 10.8. The molecule has 0 saturated heterocycles. The van der Waals surface area contributed by atoms with Gasteiger partial charge in [-0.2, -0.15) is 0 Å². The van der Waals surface area contributed by atoms with Crippen molar-refractivity contribution in [1.82, 2.24) is 9.38 Å². The predicted octanol–water partition coefficient (Wildman–Crippen LogP) is 4.84. The van der Waals surface area contributed by atoms with Gasteiger partial charge in [0, 0.05) is 34.2 Å². The second kappa shape index (κ2) is 7.74. The van der Waals surface area contributed by atoms with Gasteiger partial charge in [0.2, 0.25) is 5.91 Å². The van der Waals surface area contributed by atoms with Crippen LogP contribution in [0.25, 0.3) is 16.9 Å². The highest BCUT2D eigenvalue weighted by molar-refractivity contribution is 6.30. The number of rotatable bonds is 5. The molecule has 0 aliphatic heterocycles. The van der Waals surface area contributed by atoms with Crippen LogP contribution < -0.4 is 10.1 Å². The standard InChI is InChI=1S/C22H18ClN3O2/c1-28-20-10-7-17(23)12-16(20)13-22(27)24-18-8-5-15(6-9-18)19-14-26-11-3-2-4-21(26)25-19/h2-12,14H,13H2,1H3,(H,24,27). The van der Waals surface area contributed by atoms with Crippen molar-refractivity contribution in [3.8, 4) is 17.0 Å². The van der Waals surface area contributed by atoms with Crippen molar-refractivity contribution < 1.29 is 9.53 Å². The van der Waals surface area contributed by atoms with Crippen LogP contribution in [0, 0.1) is 0 Å². The van der Waals surface area contributed by atoms with Gasteiger partial charge in [-0.1, -0.05) is 29.8 Å². The summed E-state index contributed by atoms with van der Waals surface area (Å²) >= 11 is 6.03. The first-order valence-electron chi connectivity index (χ1n) is 8.79. The Morgan fingerprint density at radius 1 is 1.14 bits per heavy atom. The number of halogens is 1. The molecule has 1 N–H and O–H groups in total. The summed E-state index contributed by atoms with van der Waals surface area (Å²) in [5.41, 5.74) is 4.23. The molecule has 5 nitrogen and oxygen atoms in total. The Morgan fingerprint density at radius 2 is 1.96 bits per heavy atom. The molecule has 2 aromatic heterocycles. The number of hydrogen-bond donors (Lipinski definition) is 1. The highest BCUT2D eigenvalue weighted by Gasteiger charge is 2.10. The lowest BCUT2D eigenvalue weighted by Crippen LogP contribution is -2.14. The third kappa shape index (κ3) is 3.85. The summed E-state index contributed by atoms with van der Waals surface area (Å²) in [4.78, 5) is 17.0. The van der Waals surface area contributed by atoms with Crippen molar-refractivity contribution in [3.05, 3.63) is 83.6 Å². The number of benzene rings is 2. The Labute approximate surface area is 167 Å². The number of nitrogens with zero attached hydrogens (tertiary/aromatic N) is 2. The number of aromatic nitrogens is 2. The highest BCUT2D eigenvalue weighted by Crippen LogP contribution is 2.24. The molecule has 1 amide bonds. The van der Waals surface area contributed by atoms with Crippen LogP contribution in [0.1, 0.15) is 5.56 Å². The van der Waals surface area contributed by atoms with Gasteiger partial charge in [0.05, 0.1) is 19.2 Å². The van der Waals surface area contributed by atoms with E-state index in [9.17, 15) is 4.79 Å². The fraction of sp³-hybridized carbons (Fsp3) is 0.0909. The number of amides is 1. The molecule has 2 aromatic carbocycles. The van der Waals surface area contributed by atoms with Gasteiger partial charge in [-0.3, -0.25) is 4.79 Å². The van der Waals surface area contributed by atoms with E-state index in [1.165, 1.54) is 0 Å². The van der Waals surface area contributed by atoms with Crippen LogP contribution in [0.3, 0.4) is 0 Å². The second-order valence-corrected chi connectivity index (χ2v) is 6.79. The molecule has 2 heterocycles. The lowest BCUT2D eigenvalue weighted by atomic mass is 10.1. The van der Waals surface area contributed by atoms with E-state index in [-0.39, 0.29) is 12.3 Å². The molecule has 28 heavy (non-hydrogen) atoms. The van der Waals surface area contributed by atoms with Gasteiger partial charge in [0.25, 0.3) is 0 Å². The van der Waals surface area contributed by atoms with Crippen LogP contribution >= 0.6 is 11.6 Å². The van der Waals surface area contributed by atoms with Crippen molar-refractivity contribution in [2.24, 2.45) is 0 Å². The fourth-order valence-electron chi connectivity index (χ4n) is 3.06. The maximum Gasteiger partial charge on any atom is 0.228 e. The largest absolute Gasteiger partial charge is 0.496 e. The molecular weight excluding hydrogens is 374 g/mol. The lowest BCUT2D eigenvalue weighted by Gasteiger charge is -2.10. The molecule has 6 heteroatoms. The van der Waals surface area contributed by atoms with Crippen molar-refractivity contribution in [2.75, 3.05) is 12.4 Å². The van der Waals surface area contributed by atoms with E-state index in [0.29, 0.717) is 10.8 Å². The van der Waals surface area contributed by atoms with Crippen molar-refractivity contribution >= 4 is 28.8 Å². The van der Waals surface area contributed by atoms with Gasteiger partial charge in [-0.15, -0.1) is 0 Å². The van der Waals surface area contributed by atoms with Gasteiger partial charge < -0.3 is 14.5 Å². The summed E-state index contributed by atoms with van der Waals surface area (Å²) in [6.07, 6.45) is 4.12. The predicted molar refractivity (Wildman–Crippen MR) is 111 cm³/mol. The van der Waals surface area contributed by atoms with Crippen LogP contribution in [0.15, 0.2) is 73.1 Å². The molecule has 0 bridgehead atoms. The molecule has 4 rings (SSSR count). The summed E-state index contributed by atoms with van der Waals surface area (Å²) in [6, 6.07) is 18.7. The van der Waals surface area contributed by atoms with Crippen molar-refractivity contribution in [1.29, 1.82) is 0 Å². The summed E-state index contributed by atoms with van der Waals surface area (Å²) in [5, 5.41) is 3.47. The first-order valence-corrected chi connectivity index (χ1v) is 9.16. The summed E-state index contributed by atoms with van der Waals surface area (Å²) in [6.45, 7) is 0. The Bertz CT molecular complexity index is 1100. The minimum atomic E-state index is -0.138. The van der Waals surface area contributed by atoms with E-state index in [4.69, 9.17) is 16.3 Å². The number of carbonyl (C=O) groups is 1. The minimum absolute atomic E-state index is 0.138. The number of fused-ring (bicyclic) bond motifs is 1. The van der Waals surface area contributed by atoms with Crippen LogP contribution in [0.2, 0.25) is 5.02 Å². The molecule has 4 aromatic rings. The maximum absolute atomic E-state index is 12.4. The van der Waals surface area contributed by atoms with Gasteiger partial charge in [-0.05, 0) is 42.5 Å². The number of hydrogen-bond acceptors (Lipinski definition) is 3. The quantitative estimate of drug-likeness (QED) is 0.529. The fourth-order valence-corrected chi connectivity index (χ4v) is 3.26. The topological polar surface area (TPSA) is 55.6 Å². The Morgan fingerprint density at radius 3 is 2.71 bits per heavy atom. The average Bonchev–Trinajstić information content (AvgIpc) is 3.13. The van der Waals surface area contributed by atoms with Crippen LogP contribution in [0.5, 0.6) is 5.75 Å². The van der Waals surface area contributed by atoms with E-state index >= 15 is 0 Å². The van der Waals surface area contributed by atoms with Crippen LogP contribution in [0.4, 0.5) is 5.69 Å². The Balaban J connectivity index is 1.47. The SMILES string of the molecule is COc1ccc(Cl)cc1CC(=O)Nc1ccc(-c2cn3ccccc3n2)cc1. The van der Waals surface area contributed by atoms with Crippen molar-refractivity contribution in [2.45, 2.75) is 6.42 Å². The van der Waals surface area contributed by atoms with E-state index in [0.717, 1.165) is 28.2 Å². The zero-order valence-electron chi connectivity index (χ0n) is 15.2. The van der Waals surface area contributed by atoms with Gasteiger partial charge in [-0.25, -0.2) is 4.98 Å². The zero-order chi connectivity index (χ0) is 19.5. The average molecular weight is 392 g/mol. The number of carbonyl (C=O) groups excluding carboxylic acids is 1. The first-order chi connectivity index (χ1) is 13.6. The summed E-state index contributed by atoms with van der Waals surface area (Å²) < 4.78 is 7.27. The molecule has 0 radical (unpaired) electrons. The third-order valence-electron chi connectivity index (χ3n) is 4.42. The molecule has 0 fully saturated rings. The van der Waals surface area contributed by atoms with E-state index < -0.39 is 0 Å². The van der Waals surface area contributed by atoms with E-state index in [1.54, 1.807) is 25.3 Å². The molecule has 0 atom stereocenters. The molecule has 0 unspecified atom stereocenters. The lowest BCUT2D eigenvalue weighted by molar-refractivity contribution is -0.115. The molecule has 0 spiro atoms. The number of imidazole rings is 1. The zero-order valence-corrected chi connectivity index (χ0v) is 16.0. The summed E-state index contributed by atoms with van der Waals surface area (Å²) in [5.74, 6) is 0.503. The van der Waals surface area contributed by atoms with Crippen LogP contribution in [-0.2, 0) is 11.2 Å². The second-order valence-electron chi connectivity index (χ2n) is 6.35. The van der Waals surface area contributed by atoms with E-state index in [1.807, 2.05) is 59.3 Å². The molecule has 0 aliphatic rings. The number of methoxy groups -OCH3 is 1. The number of ether oxygens (including phenoxy) is 1. The number of pyridine rings is 1. The van der Waals surface area contributed by atoms with Crippen molar-refractivity contribution in [3.63, 3.8) is 0 Å². The Hall–Kier alpha value is -3.31. The summed E-state index contributed by atoms with van der Waals surface area (Å²) in [7, 11) is 1.57. The highest BCUT2D eigenvalue weighted by atomic mass is 35.5. The van der Waals surface area contributed by atoms with Gasteiger partial charge >= 0.3 is 0 Å².